The van der Waals surface area contributed by atoms with Crippen LogP contribution < -0.4 is 10.1 Å². The Labute approximate surface area is 174 Å². The van der Waals surface area contributed by atoms with Crippen LogP contribution in [-0.4, -0.2) is 28.1 Å². The molecule has 2 aromatic carbocycles. The number of aromatic nitrogens is 2. The first kappa shape index (κ1) is 21.2. The Hall–Kier alpha value is -3.48. The monoisotopic (exact) mass is 409 g/mol. The number of carbonyl (C=O) groups is 2. The maximum Gasteiger partial charge on any atom is 0.263 e. The second kappa shape index (κ2) is 8.49. The Morgan fingerprint density at radius 1 is 1.10 bits per heavy atom. The van der Waals surface area contributed by atoms with Gasteiger partial charge in [0.15, 0.2) is 12.4 Å². The second-order valence-corrected chi connectivity index (χ2v) is 7.95. The van der Waals surface area contributed by atoms with Crippen molar-refractivity contribution in [3.63, 3.8) is 0 Å². The van der Waals surface area contributed by atoms with Gasteiger partial charge in [-0.3, -0.25) is 9.59 Å². The van der Waals surface area contributed by atoms with Gasteiger partial charge in [0.2, 0.25) is 0 Å². The van der Waals surface area contributed by atoms with Crippen molar-refractivity contribution in [2.75, 3.05) is 11.9 Å². The third-order valence-corrected chi connectivity index (χ3v) is 4.43. The third kappa shape index (κ3) is 4.92. The number of hydrogen-bond acceptors (Lipinski definition) is 4. The largest absolute Gasteiger partial charge is 0.483 e. The van der Waals surface area contributed by atoms with Crippen LogP contribution in [0.5, 0.6) is 5.75 Å². The molecular weight excluding hydrogens is 385 g/mol. The fourth-order valence-electron chi connectivity index (χ4n) is 2.83. The number of hydrogen-bond donors (Lipinski definition) is 1. The summed E-state index contributed by atoms with van der Waals surface area (Å²) in [5.41, 5.74) is 1.51. The van der Waals surface area contributed by atoms with Crippen LogP contribution in [0.1, 0.15) is 43.7 Å². The molecule has 7 heteroatoms. The number of nitrogens with zero attached hydrogens (tertiary/aromatic N) is 2. The lowest BCUT2D eigenvalue weighted by Crippen LogP contribution is -2.22. The number of ether oxygens (including phenoxy) is 1. The van der Waals surface area contributed by atoms with Crippen LogP contribution in [0, 0.1) is 5.82 Å². The van der Waals surface area contributed by atoms with E-state index in [2.05, 4.69) is 10.4 Å². The molecule has 3 rings (SSSR count). The van der Waals surface area contributed by atoms with Crippen LogP contribution in [-0.2, 0) is 10.2 Å². The second-order valence-electron chi connectivity index (χ2n) is 7.95. The average molecular weight is 409 g/mol. The molecule has 0 radical (unpaired) electrons. The lowest BCUT2D eigenvalue weighted by Gasteiger charge is -2.14. The number of anilines is 1. The summed E-state index contributed by atoms with van der Waals surface area (Å²) in [6.45, 7) is 7.09. The zero-order chi connectivity index (χ0) is 21.9. The van der Waals surface area contributed by atoms with Crippen LogP contribution in [0.3, 0.4) is 0 Å². The highest BCUT2D eigenvalue weighted by atomic mass is 19.1. The zero-order valence-electron chi connectivity index (χ0n) is 17.4. The van der Waals surface area contributed by atoms with Crippen LogP contribution in [0.4, 0.5) is 10.2 Å². The molecule has 0 aliphatic rings. The fourth-order valence-corrected chi connectivity index (χ4v) is 2.83. The van der Waals surface area contributed by atoms with E-state index in [0.29, 0.717) is 5.82 Å². The highest BCUT2D eigenvalue weighted by Crippen LogP contribution is 2.26. The van der Waals surface area contributed by atoms with Crippen molar-refractivity contribution in [3.05, 3.63) is 71.7 Å². The van der Waals surface area contributed by atoms with Crippen molar-refractivity contribution in [1.29, 1.82) is 0 Å². The van der Waals surface area contributed by atoms with Gasteiger partial charge in [-0.15, -0.1) is 0 Å². The van der Waals surface area contributed by atoms with Gasteiger partial charge < -0.3 is 10.1 Å². The van der Waals surface area contributed by atoms with Crippen LogP contribution >= 0.6 is 0 Å². The molecule has 0 saturated heterocycles. The smallest absolute Gasteiger partial charge is 0.263 e. The number of benzene rings is 2. The average Bonchev–Trinajstić information content (AvgIpc) is 3.11. The van der Waals surface area contributed by atoms with E-state index in [1.54, 1.807) is 4.68 Å². The Kier molecular flexibility index (Phi) is 6.01. The summed E-state index contributed by atoms with van der Waals surface area (Å²) in [5, 5.41) is 7.45. The molecule has 0 atom stereocenters. The minimum absolute atomic E-state index is 0.0900. The molecule has 1 amide bonds. The van der Waals surface area contributed by atoms with Gasteiger partial charge in [0.25, 0.3) is 5.91 Å². The summed E-state index contributed by atoms with van der Waals surface area (Å²) < 4.78 is 20.5. The molecule has 1 N–H and O–H groups in total. The summed E-state index contributed by atoms with van der Waals surface area (Å²) in [4.78, 5) is 24.2. The standard InChI is InChI=1S/C23H24FN3O3/c1-15(28)18-12-16(24)10-11-19(18)30-14-22(29)25-21-13-20(23(2,3)4)26-27(21)17-8-6-5-7-9-17/h5-13H,14H2,1-4H3,(H,25,29). The fraction of sp³-hybridized carbons (Fsp3) is 0.261. The molecule has 0 bridgehead atoms. The molecular formula is C23H24FN3O3. The molecule has 1 heterocycles. The van der Waals surface area contributed by atoms with Gasteiger partial charge in [-0.25, -0.2) is 9.07 Å². The number of Topliss-reactive ketones (excluding diaryl/α,β-unsaturated/α-hetero) is 1. The number of nitrogens with one attached hydrogen (secondary N) is 1. The van der Waals surface area contributed by atoms with E-state index in [4.69, 9.17) is 4.74 Å². The Balaban J connectivity index is 1.80. The van der Waals surface area contributed by atoms with E-state index >= 15 is 0 Å². The van der Waals surface area contributed by atoms with Gasteiger partial charge in [-0.05, 0) is 37.3 Å². The van der Waals surface area contributed by atoms with E-state index in [9.17, 15) is 14.0 Å². The number of rotatable bonds is 6. The van der Waals surface area contributed by atoms with E-state index in [1.807, 2.05) is 57.2 Å². The predicted octanol–water partition coefficient (Wildman–Crippen LogP) is 4.53. The Bertz CT molecular complexity index is 1070. The number of halogens is 1. The minimum atomic E-state index is -0.543. The summed E-state index contributed by atoms with van der Waals surface area (Å²) in [6.07, 6.45) is 0. The third-order valence-electron chi connectivity index (χ3n) is 4.43. The van der Waals surface area contributed by atoms with Crippen LogP contribution in [0.25, 0.3) is 5.69 Å². The number of amides is 1. The Morgan fingerprint density at radius 2 is 1.80 bits per heavy atom. The molecule has 0 fully saturated rings. The van der Waals surface area contributed by atoms with Crippen molar-refractivity contribution in [1.82, 2.24) is 9.78 Å². The lowest BCUT2D eigenvalue weighted by molar-refractivity contribution is -0.118. The topological polar surface area (TPSA) is 73.2 Å². The zero-order valence-corrected chi connectivity index (χ0v) is 17.4. The predicted molar refractivity (Wildman–Crippen MR) is 113 cm³/mol. The highest BCUT2D eigenvalue weighted by molar-refractivity contribution is 5.97. The van der Waals surface area contributed by atoms with Crippen molar-refractivity contribution >= 4 is 17.5 Å². The molecule has 1 aromatic heterocycles. The molecule has 0 spiro atoms. The van der Waals surface area contributed by atoms with E-state index in [1.165, 1.54) is 19.1 Å². The van der Waals surface area contributed by atoms with Crippen molar-refractivity contribution in [2.24, 2.45) is 0 Å². The molecule has 0 aliphatic carbocycles. The summed E-state index contributed by atoms with van der Waals surface area (Å²) >= 11 is 0. The van der Waals surface area contributed by atoms with Gasteiger partial charge in [0.1, 0.15) is 17.4 Å². The first-order valence-electron chi connectivity index (χ1n) is 9.54. The summed E-state index contributed by atoms with van der Waals surface area (Å²) in [7, 11) is 0. The molecule has 3 aromatic rings. The van der Waals surface area contributed by atoms with Crippen molar-refractivity contribution < 1.29 is 18.7 Å². The molecule has 156 valence electrons. The van der Waals surface area contributed by atoms with Crippen LogP contribution in [0.2, 0.25) is 0 Å². The SMILES string of the molecule is CC(=O)c1cc(F)ccc1OCC(=O)Nc1cc(C(C)(C)C)nn1-c1ccccc1. The molecule has 6 nitrogen and oxygen atoms in total. The van der Waals surface area contributed by atoms with Gasteiger partial charge in [0, 0.05) is 11.5 Å². The van der Waals surface area contributed by atoms with Gasteiger partial charge >= 0.3 is 0 Å². The summed E-state index contributed by atoms with van der Waals surface area (Å²) in [6, 6.07) is 14.9. The maximum absolute atomic E-state index is 13.4. The number of carbonyl (C=O) groups excluding carboxylic acids is 2. The van der Waals surface area contributed by atoms with Crippen LogP contribution in [0.15, 0.2) is 54.6 Å². The van der Waals surface area contributed by atoms with Crippen molar-refractivity contribution in [2.45, 2.75) is 33.1 Å². The molecule has 0 saturated carbocycles. The first-order chi connectivity index (χ1) is 14.1. The molecule has 0 unspecified atom stereocenters. The quantitative estimate of drug-likeness (QED) is 0.607. The van der Waals surface area contributed by atoms with Gasteiger partial charge in [-0.2, -0.15) is 5.10 Å². The number of ketones is 1. The summed E-state index contributed by atoms with van der Waals surface area (Å²) in [5.74, 6) is -0.650. The van der Waals surface area contributed by atoms with Gasteiger partial charge in [0.05, 0.1) is 16.9 Å². The minimum Gasteiger partial charge on any atom is -0.483 e. The van der Waals surface area contributed by atoms with E-state index < -0.39 is 11.7 Å². The lowest BCUT2D eigenvalue weighted by atomic mass is 9.92. The molecule has 30 heavy (non-hydrogen) atoms. The van der Waals surface area contributed by atoms with Gasteiger partial charge in [-0.1, -0.05) is 39.0 Å². The maximum atomic E-state index is 13.4. The van der Waals surface area contributed by atoms with E-state index in [0.717, 1.165) is 17.4 Å². The first-order valence-corrected chi connectivity index (χ1v) is 9.54. The normalized spacial score (nSPS) is 11.2. The Morgan fingerprint density at radius 3 is 2.43 bits per heavy atom. The van der Waals surface area contributed by atoms with Crippen molar-refractivity contribution in [3.8, 4) is 11.4 Å². The molecule has 0 aliphatic heterocycles. The van der Waals surface area contributed by atoms with E-state index in [-0.39, 0.29) is 29.1 Å². The highest BCUT2D eigenvalue weighted by Gasteiger charge is 2.22. The number of para-hydroxylation sites is 1.